The van der Waals surface area contributed by atoms with E-state index in [-0.39, 0.29) is 5.91 Å². The maximum Gasteiger partial charge on any atom is 0.263 e. The van der Waals surface area contributed by atoms with Gasteiger partial charge in [-0.05, 0) is 25.0 Å². The zero-order valence-electron chi connectivity index (χ0n) is 9.72. The summed E-state index contributed by atoms with van der Waals surface area (Å²) in [5, 5.41) is 6.86. The summed E-state index contributed by atoms with van der Waals surface area (Å²) in [5.41, 5.74) is 0.973. The molecule has 1 saturated carbocycles. The van der Waals surface area contributed by atoms with Crippen LogP contribution in [0.5, 0.6) is 0 Å². The Morgan fingerprint density at radius 2 is 2.06 bits per heavy atom. The second-order valence-corrected chi connectivity index (χ2v) is 5.30. The summed E-state index contributed by atoms with van der Waals surface area (Å²) in [6, 6.07) is 10.2. The van der Waals surface area contributed by atoms with Crippen molar-refractivity contribution in [3.63, 3.8) is 0 Å². The van der Waals surface area contributed by atoms with E-state index < -0.39 is 0 Å². The second-order valence-electron chi connectivity index (χ2n) is 4.27. The smallest absolute Gasteiger partial charge is 0.263 e. The molecule has 0 unspecified atom stereocenters. The van der Waals surface area contributed by atoms with Crippen molar-refractivity contribution < 1.29 is 4.79 Å². The number of hydrogen-bond acceptors (Lipinski definition) is 4. The zero-order chi connectivity index (χ0) is 12.4. The van der Waals surface area contributed by atoms with Crippen molar-refractivity contribution in [1.29, 1.82) is 0 Å². The van der Waals surface area contributed by atoms with E-state index in [1.807, 2.05) is 30.3 Å². The molecule has 1 aliphatic carbocycles. The Labute approximate surface area is 109 Å². The highest BCUT2D eigenvalue weighted by atomic mass is 32.1. The van der Waals surface area contributed by atoms with E-state index in [9.17, 15) is 4.79 Å². The van der Waals surface area contributed by atoms with E-state index in [2.05, 4.69) is 15.6 Å². The molecule has 5 heteroatoms. The van der Waals surface area contributed by atoms with Crippen LogP contribution >= 0.6 is 11.3 Å². The third-order valence-electron chi connectivity index (χ3n) is 2.67. The molecule has 3 rings (SSSR count). The number of carbonyl (C=O) groups is 1. The molecule has 1 heterocycles. The third-order valence-corrected chi connectivity index (χ3v) is 3.58. The highest BCUT2D eigenvalue weighted by Crippen LogP contribution is 2.24. The van der Waals surface area contributed by atoms with Crippen LogP contribution in [0.25, 0.3) is 0 Å². The number of nitrogens with one attached hydrogen (secondary N) is 2. The van der Waals surface area contributed by atoms with E-state index in [1.54, 1.807) is 6.20 Å². The standard InChI is InChI=1S/C13H13N3OS/c17-12(15-10-6-7-10)11-8-14-13(18-11)16-9-4-2-1-3-5-9/h1-5,8,10H,6-7H2,(H,14,16)(H,15,17). The summed E-state index contributed by atoms with van der Waals surface area (Å²) in [4.78, 5) is 16.7. The van der Waals surface area contributed by atoms with Gasteiger partial charge in [-0.1, -0.05) is 29.5 Å². The molecule has 4 nitrogen and oxygen atoms in total. The van der Waals surface area contributed by atoms with Gasteiger partial charge in [0.1, 0.15) is 4.88 Å². The van der Waals surface area contributed by atoms with Gasteiger partial charge in [0.2, 0.25) is 0 Å². The molecule has 1 aromatic heterocycles. The van der Waals surface area contributed by atoms with Gasteiger partial charge in [0.05, 0.1) is 6.20 Å². The van der Waals surface area contributed by atoms with Gasteiger partial charge in [0.15, 0.2) is 5.13 Å². The van der Waals surface area contributed by atoms with Crippen molar-refractivity contribution in [2.75, 3.05) is 5.32 Å². The number of amides is 1. The fourth-order valence-electron chi connectivity index (χ4n) is 1.57. The molecule has 2 N–H and O–H groups in total. The van der Waals surface area contributed by atoms with E-state index in [0.29, 0.717) is 10.9 Å². The molecule has 92 valence electrons. The summed E-state index contributed by atoms with van der Waals surface area (Å²) in [7, 11) is 0. The predicted molar refractivity (Wildman–Crippen MR) is 72.3 cm³/mol. The molecular formula is C13H13N3OS. The summed E-state index contributed by atoms with van der Waals surface area (Å²) in [6.45, 7) is 0. The minimum absolute atomic E-state index is 0.0175. The second kappa shape index (κ2) is 4.78. The number of nitrogens with zero attached hydrogens (tertiary/aromatic N) is 1. The first-order chi connectivity index (χ1) is 8.81. The van der Waals surface area contributed by atoms with Crippen molar-refractivity contribution in [1.82, 2.24) is 10.3 Å². The maximum absolute atomic E-state index is 11.8. The fraction of sp³-hybridized carbons (Fsp3) is 0.231. The topological polar surface area (TPSA) is 54.0 Å². The Balaban J connectivity index is 1.67. The number of rotatable bonds is 4. The highest BCUT2D eigenvalue weighted by molar-refractivity contribution is 7.17. The maximum atomic E-state index is 11.8. The molecule has 1 fully saturated rings. The molecule has 0 atom stereocenters. The molecule has 1 aliphatic rings. The first-order valence-electron chi connectivity index (χ1n) is 5.90. The Morgan fingerprint density at radius 1 is 1.28 bits per heavy atom. The van der Waals surface area contributed by atoms with Crippen LogP contribution in [0.4, 0.5) is 10.8 Å². The van der Waals surface area contributed by atoms with E-state index >= 15 is 0 Å². The van der Waals surface area contributed by atoms with E-state index in [4.69, 9.17) is 0 Å². The summed E-state index contributed by atoms with van der Waals surface area (Å²) >= 11 is 1.37. The van der Waals surface area contributed by atoms with Gasteiger partial charge in [0.25, 0.3) is 5.91 Å². The SMILES string of the molecule is O=C(NC1CC1)c1cnc(Nc2ccccc2)s1. The molecule has 0 spiro atoms. The average molecular weight is 259 g/mol. The van der Waals surface area contributed by atoms with Gasteiger partial charge in [-0.3, -0.25) is 4.79 Å². The van der Waals surface area contributed by atoms with Gasteiger partial charge < -0.3 is 10.6 Å². The summed E-state index contributed by atoms with van der Waals surface area (Å²) < 4.78 is 0. The molecular weight excluding hydrogens is 246 g/mol. The summed E-state index contributed by atoms with van der Waals surface area (Å²) in [5.74, 6) is -0.0175. The van der Waals surface area contributed by atoms with Crippen molar-refractivity contribution in [3.05, 3.63) is 41.4 Å². The van der Waals surface area contributed by atoms with Gasteiger partial charge in [-0.15, -0.1) is 0 Å². The first kappa shape index (κ1) is 11.2. The molecule has 0 saturated heterocycles. The fourth-order valence-corrected chi connectivity index (χ4v) is 2.31. The lowest BCUT2D eigenvalue weighted by atomic mass is 10.3. The van der Waals surface area contributed by atoms with Crippen LogP contribution in [0, 0.1) is 0 Å². The number of carbonyl (C=O) groups excluding carboxylic acids is 1. The predicted octanol–water partition coefficient (Wildman–Crippen LogP) is 2.78. The Hall–Kier alpha value is -1.88. The van der Waals surface area contributed by atoms with Crippen LogP contribution in [-0.4, -0.2) is 16.9 Å². The van der Waals surface area contributed by atoms with Crippen molar-refractivity contribution in [3.8, 4) is 0 Å². The number of thiazole rings is 1. The molecule has 1 aromatic carbocycles. The lowest BCUT2D eigenvalue weighted by Crippen LogP contribution is -2.24. The van der Waals surface area contributed by atoms with Crippen LogP contribution in [0.3, 0.4) is 0 Å². The van der Waals surface area contributed by atoms with Gasteiger partial charge >= 0.3 is 0 Å². The van der Waals surface area contributed by atoms with Gasteiger partial charge in [-0.2, -0.15) is 0 Å². The monoisotopic (exact) mass is 259 g/mol. The average Bonchev–Trinajstić information content (AvgIpc) is 3.07. The molecule has 1 amide bonds. The molecule has 0 bridgehead atoms. The highest BCUT2D eigenvalue weighted by Gasteiger charge is 2.24. The largest absolute Gasteiger partial charge is 0.349 e. The summed E-state index contributed by atoms with van der Waals surface area (Å²) in [6.07, 6.45) is 3.81. The minimum atomic E-state index is -0.0175. The Kier molecular flexibility index (Phi) is 2.98. The number of benzene rings is 1. The Morgan fingerprint density at radius 3 is 2.78 bits per heavy atom. The third kappa shape index (κ3) is 2.68. The quantitative estimate of drug-likeness (QED) is 0.887. The van der Waals surface area contributed by atoms with Crippen LogP contribution in [0.1, 0.15) is 22.5 Å². The molecule has 0 radical (unpaired) electrons. The van der Waals surface area contributed by atoms with Crippen LogP contribution in [-0.2, 0) is 0 Å². The van der Waals surface area contributed by atoms with Crippen molar-refractivity contribution >= 4 is 28.1 Å². The van der Waals surface area contributed by atoms with E-state index in [0.717, 1.165) is 23.7 Å². The minimum Gasteiger partial charge on any atom is -0.349 e. The number of para-hydroxylation sites is 1. The van der Waals surface area contributed by atoms with Gasteiger partial charge in [-0.25, -0.2) is 4.98 Å². The lowest BCUT2D eigenvalue weighted by molar-refractivity contribution is 0.0955. The Bertz CT molecular complexity index is 548. The first-order valence-corrected chi connectivity index (χ1v) is 6.72. The number of anilines is 2. The van der Waals surface area contributed by atoms with E-state index in [1.165, 1.54) is 11.3 Å². The van der Waals surface area contributed by atoms with Crippen molar-refractivity contribution in [2.45, 2.75) is 18.9 Å². The molecule has 0 aliphatic heterocycles. The van der Waals surface area contributed by atoms with Crippen LogP contribution < -0.4 is 10.6 Å². The van der Waals surface area contributed by atoms with Gasteiger partial charge in [0, 0.05) is 11.7 Å². The number of aromatic nitrogens is 1. The van der Waals surface area contributed by atoms with Crippen molar-refractivity contribution in [2.24, 2.45) is 0 Å². The zero-order valence-corrected chi connectivity index (χ0v) is 10.5. The number of hydrogen-bond donors (Lipinski definition) is 2. The van der Waals surface area contributed by atoms with Crippen LogP contribution in [0.2, 0.25) is 0 Å². The van der Waals surface area contributed by atoms with Crippen LogP contribution in [0.15, 0.2) is 36.5 Å². The molecule has 18 heavy (non-hydrogen) atoms. The lowest BCUT2D eigenvalue weighted by Gasteiger charge is -2.00. The molecule has 2 aromatic rings. The normalized spacial score (nSPS) is 14.2.